The lowest BCUT2D eigenvalue weighted by Gasteiger charge is -2.15. The predicted octanol–water partition coefficient (Wildman–Crippen LogP) is 3.24. The first kappa shape index (κ1) is 20.6. The highest BCUT2D eigenvalue weighted by Gasteiger charge is 2.76. The van der Waals surface area contributed by atoms with E-state index in [1.165, 1.54) is 17.2 Å². The van der Waals surface area contributed by atoms with E-state index in [4.69, 9.17) is 20.6 Å². The molecule has 1 aromatic carbocycles. The molecule has 10 heteroatoms. The van der Waals surface area contributed by atoms with Crippen LogP contribution < -0.4 is 15.0 Å². The van der Waals surface area contributed by atoms with Gasteiger partial charge < -0.3 is 24.2 Å². The van der Waals surface area contributed by atoms with E-state index < -0.39 is 23.6 Å². The molecule has 2 aromatic heterocycles. The van der Waals surface area contributed by atoms with E-state index in [0.717, 1.165) is 18.8 Å². The summed E-state index contributed by atoms with van der Waals surface area (Å²) < 4.78 is 30.5. The quantitative estimate of drug-likeness (QED) is 0.563. The Morgan fingerprint density at radius 2 is 2.12 bits per heavy atom. The normalized spacial score (nSPS) is 27.2. The molecule has 6 rings (SSSR count). The fourth-order valence-corrected chi connectivity index (χ4v) is 5.08. The van der Waals surface area contributed by atoms with Crippen LogP contribution in [0.15, 0.2) is 53.4 Å². The summed E-state index contributed by atoms with van der Waals surface area (Å²) >= 11 is 0. The highest BCUT2D eigenvalue weighted by Crippen LogP contribution is 2.62. The maximum Gasteiger partial charge on any atom is 0.414 e. The molecule has 9 nitrogen and oxygen atoms in total. The summed E-state index contributed by atoms with van der Waals surface area (Å²) in [5.74, 6) is 0.414. The third-order valence-corrected chi connectivity index (χ3v) is 6.88. The molecule has 1 aliphatic carbocycles. The first-order valence-corrected chi connectivity index (χ1v) is 11.0. The zero-order valence-corrected chi connectivity index (χ0v) is 18.0. The SMILES string of the molecule is [C-]#[N+]C1(c2ccc(-c3ccc(N4C[C@H](COc5ccon5)OC4=O)cc3F)cn2)[C@@H]2CNC[C@@H]21. The van der Waals surface area contributed by atoms with Crippen LogP contribution in [0.2, 0.25) is 0 Å². The third kappa shape index (κ3) is 3.20. The maximum absolute atomic E-state index is 15.0. The number of anilines is 1. The lowest BCUT2D eigenvalue weighted by atomic mass is 10.0. The van der Waals surface area contributed by atoms with Crippen molar-refractivity contribution in [3.63, 3.8) is 0 Å². The van der Waals surface area contributed by atoms with Gasteiger partial charge in [0.25, 0.3) is 11.4 Å². The van der Waals surface area contributed by atoms with Crippen molar-refractivity contribution in [2.75, 3.05) is 31.1 Å². The maximum atomic E-state index is 15.0. The number of fused-ring (bicyclic) bond motifs is 1. The first-order valence-electron chi connectivity index (χ1n) is 11.0. The zero-order valence-electron chi connectivity index (χ0n) is 18.0. The molecule has 2 saturated heterocycles. The lowest BCUT2D eigenvalue weighted by molar-refractivity contribution is 0.102. The monoisotopic (exact) mass is 461 g/mol. The molecule has 1 amide bonds. The molecule has 3 aromatic rings. The summed E-state index contributed by atoms with van der Waals surface area (Å²) in [6, 6.07) is 9.79. The molecule has 34 heavy (non-hydrogen) atoms. The smallest absolute Gasteiger partial charge is 0.414 e. The van der Waals surface area contributed by atoms with Gasteiger partial charge in [0.15, 0.2) is 6.10 Å². The topological polar surface area (TPSA) is 94.1 Å². The van der Waals surface area contributed by atoms with Crippen molar-refractivity contribution in [1.29, 1.82) is 0 Å². The number of amides is 1. The first-order chi connectivity index (χ1) is 16.6. The van der Waals surface area contributed by atoms with Crippen LogP contribution in [0.25, 0.3) is 16.0 Å². The number of hydrogen-bond donors (Lipinski definition) is 1. The van der Waals surface area contributed by atoms with E-state index >= 15 is 4.39 Å². The van der Waals surface area contributed by atoms with Crippen molar-refractivity contribution in [3.05, 3.63) is 71.8 Å². The van der Waals surface area contributed by atoms with Gasteiger partial charge in [-0.3, -0.25) is 9.88 Å². The van der Waals surface area contributed by atoms with Crippen LogP contribution >= 0.6 is 0 Å². The summed E-state index contributed by atoms with van der Waals surface area (Å²) in [6.45, 7) is 9.69. The molecule has 3 aliphatic rings. The number of nitrogens with one attached hydrogen (secondary N) is 1. The number of hydrogen-bond acceptors (Lipinski definition) is 7. The van der Waals surface area contributed by atoms with E-state index in [1.807, 2.05) is 6.07 Å². The second kappa shape index (κ2) is 7.81. The minimum atomic E-state index is -0.569. The van der Waals surface area contributed by atoms with Gasteiger partial charge in [-0.05, 0) is 29.4 Å². The number of ether oxygens (including phenoxy) is 2. The summed E-state index contributed by atoms with van der Waals surface area (Å²) in [5, 5.41) is 6.94. The Morgan fingerprint density at radius 1 is 1.26 bits per heavy atom. The van der Waals surface area contributed by atoms with Crippen LogP contribution in [0.4, 0.5) is 14.9 Å². The lowest BCUT2D eigenvalue weighted by Crippen LogP contribution is -2.26. The Balaban J connectivity index is 1.16. The second-order valence-corrected chi connectivity index (χ2v) is 8.67. The van der Waals surface area contributed by atoms with Gasteiger partial charge in [0.2, 0.25) is 0 Å². The molecule has 172 valence electrons. The number of rotatable bonds is 6. The molecule has 4 atom stereocenters. The zero-order chi connectivity index (χ0) is 23.3. The van der Waals surface area contributed by atoms with E-state index in [1.54, 1.807) is 30.5 Å². The average Bonchev–Trinajstić information content (AvgIpc) is 3.38. The number of pyridine rings is 1. The Morgan fingerprint density at radius 3 is 2.79 bits per heavy atom. The van der Waals surface area contributed by atoms with Crippen molar-refractivity contribution in [2.45, 2.75) is 11.6 Å². The van der Waals surface area contributed by atoms with Crippen LogP contribution in [0.5, 0.6) is 5.88 Å². The number of carbonyl (C=O) groups is 1. The molecule has 3 fully saturated rings. The number of carbonyl (C=O) groups excluding carboxylic acids is 1. The molecule has 0 spiro atoms. The highest BCUT2D eigenvalue weighted by molar-refractivity contribution is 5.90. The minimum Gasteiger partial charge on any atom is -0.471 e. The van der Waals surface area contributed by atoms with Crippen LogP contribution in [0.1, 0.15) is 5.69 Å². The number of piperidine rings is 1. The summed E-state index contributed by atoms with van der Waals surface area (Å²) in [7, 11) is 0. The summed E-state index contributed by atoms with van der Waals surface area (Å²) in [4.78, 5) is 22.1. The number of nitrogens with zero attached hydrogens (tertiary/aromatic N) is 4. The van der Waals surface area contributed by atoms with Gasteiger partial charge in [0.1, 0.15) is 24.4 Å². The Labute approximate surface area is 194 Å². The van der Waals surface area contributed by atoms with Crippen LogP contribution in [-0.2, 0) is 10.3 Å². The third-order valence-electron chi connectivity index (χ3n) is 6.88. The van der Waals surface area contributed by atoms with Crippen molar-refractivity contribution < 1.29 is 23.2 Å². The standard InChI is InChI=1S/C24H20FN5O4/c1-26-24(18-10-27-11-19(18)24)21-5-2-14(9-28-21)17-4-3-15(8-20(17)25)30-12-16(34-23(30)31)13-32-22-6-7-33-29-22/h2-9,16,18-19,27H,10-13H2/t16-,18-,19+,24?/m1/s1. The summed E-state index contributed by atoms with van der Waals surface area (Å²) in [6.07, 6.45) is 1.91. The van der Waals surface area contributed by atoms with Crippen LogP contribution in [-0.4, -0.2) is 48.6 Å². The molecule has 1 N–H and O–H groups in total. The molecule has 0 bridgehead atoms. The molecule has 1 unspecified atom stereocenters. The van der Waals surface area contributed by atoms with E-state index in [2.05, 4.69) is 20.3 Å². The number of cyclic esters (lactones) is 1. The van der Waals surface area contributed by atoms with Crippen LogP contribution in [0.3, 0.4) is 0 Å². The Kier molecular flexibility index (Phi) is 4.74. The van der Waals surface area contributed by atoms with Gasteiger partial charge in [-0.15, -0.1) is 0 Å². The predicted molar refractivity (Wildman–Crippen MR) is 117 cm³/mol. The van der Waals surface area contributed by atoms with Crippen molar-refractivity contribution in [3.8, 4) is 17.0 Å². The highest BCUT2D eigenvalue weighted by atomic mass is 19.1. The van der Waals surface area contributed by atoms with E-state index in [0.29, 0.717) is 34.5 Å². The van der Waals surface area contributed by atoms with Gasteiger partial charge in [0.05, 0.1) is 24.1 Å². The molecular weight excluding hydrogens is 441 g/mol. The fourth-order valence-electron chi connectivity index (χ4n) is 5.08. The minimum absolute atomic E-state index is 0.108. The van der Waals surface area contributed by atoms with Crippen molar-refractivity contribution in [1.82, 2.24) is 15.5 Å². The van der Waals surface area contributed by atoms with Crippen molar-refractivity contribution >= 4 is 11.8 Å². The van der Waals surface area contributed by atoms with Crippen LogP contribution in [0, 0.1) is 24.2 Å². The van der Waals surface area contributed by atoms with Gasteiger partial charge >= 0.3 is 6.09 Å². The largest absolute Gasteiger partial charge is 0.471 e. The molecule has 2 aliphatic heterocycles. The van der Waals surface area contributed by atoms with Gasteiger partial charge in [-0.2, -0.15) is 0 Å². The average molecular weight is 461 g/mol. The molecule has 1 saturated carbocycles. The van der Waals surface area contributed by atoms with Gasteiger partial charge in [-0.25, -0.2) is 15.8 Å². The molecule has 4 heterocycles. The molecular formula is C24H20FN5O4. The Bertz CT molecular complexity index is 1260. The number of benzene rings is 1. The fraction of sp³-hybridized carbons (Fsp3) is 0.333. The van der Waals surface area contributed by atoms with Gasteiger partial charge in [-0.1, -0.05) is 6.07 Å². The molecule has 0 radical (unpaired) electrons. The Hall–Kier alpha value is -3.97. The number of halogens is 1. The van der Waals surface area contributed by atoms with Crippen molar-refractivity contribution in [2.24, 2.45) is 11.8 Å². The van der Waals surface area contributed by atoms with Gasteiger partial charge in [0, 0.05) is 36.5 Å². The summed E-state index contributed by atoms with van der Waals surface area (Å²) in [5.41, 5.74) is 1.58. The van der Waals surface area contributed by atoms with E-state index in [-0.39, 0.29) is 13.2 Å². The van der Waals surface area contributed by atoms with E-state index in [9.17, 15) is 4.79 Å². The number of aromatic nitrogens is 2. The second-order valence-electron chi connectivity index (χ2n) is 8.67.